The van der Waals surface area contributed by atoms with E-state index >= 15 is 0 Å². The van der Waals surface area contributed by atoms with Crippen LogP contribution in [0.5, 0.6) is 0 Å². The van der Waals surface area contributed by atoms with E-state index in [0.29, 0.717) is 13.0 Å². The van der Waals surface area contributed by atoms with Gasteiger partial charge in [0, 0.05) is 31.1 Å². The van der Waals surface area contributed by atoms with Crippen LogP contribution in [0.2, 0.25) is 0 Å². The molecule has 0 fully saturated rings. The SMILES string of the molecule is CCCCN=CC1=C(O)[C@H](Cc2ccccn2)OC1=O. The molecule has 5 heteroatoms. The molecule has 1 aliphatic rings. The fourth-order valence-electron chi connectivity index (χ4n) is 1.90. The predicted octanol–water partition coefficient (Wildman–Crippen LogP) is 2.23. The average molecular weight is 274 g/mol. The van der Waals surface area contributed by atoms with Gasteiger partial charge in [-0.15, -0.1) is 0 Å². The number of rotatable bonds is 6. The minimum Gasteiger partial charge on any atom is -0.507 e. The van der Waals surface area contributed by atoms with Crippen LogP contribution in [-0.2, 0) is 16.0 Å². The van der Waals surface area contributed by atoms with Crippen LogP contribution in [-0.4, -0.2) is 34.9 Å². The maximum atomic E-state index is 11.7. The summed E-state index contributed by atoms with van der Waals surface area (Å²) >= 11 is 0. The summed E-state index contributed by atoms with van der Waals surface area (Å²) in [6, 6.07) is 5.49. The number of carbonyl (C=O) groups excluding carboxylic acids is 1. The Morgan fingerprint density at radius 3 is 3.05 bits per heavy atom. The van der Waals surface area contributed by atoms with Crippen molar-refractivity contribution in [3.63, 3.8) is 0 Å². The summed E-state index contributed by atoms with van der Waals surface area (Å²) in [7, 11) is 0. The number of hydrogen-bond acceptors (Lipinski definition) is 5. The second-order valence-electron chi connectivity index (χ2n) is 4.61. The average Bonchev–Trinajstić information content (AvgIpc) is 2.72. The predicted molar refractivity (Wildman–Crippen MR) is 75.7 cm³/mol. The Bertz CT molecular complexity index is 523. The highest BCUT2D eigenvalue weighted by Crippen LogP contribution is 2.22. The molecule has 0 bridgehead atoms. The van der Waals surface area contributed by atoms with Gasteiger partial charge in [-0.05, 0) is 18.6 Å². The first-order valence-corrected chi connectivity index (χ1v) is 6.76. The van der Waals surface area contributed by atoms with Gasteiger partial charge in [0.2, 0.25) is 0 Å². The number of ether oxygens (including phenoxy) is 1. The zero-order valence-corrected chi connectivity index (χ0v) is 11.5. The first kappa shape index (κ1) is 14.2. The number of esters is 1. The van der Waals surface area contributed by atoms with Gasteiger partial charge < -0.3 is 9.84 Å². The van der Waals surface area contributed by atoms with Crippen molar-refractivity contribution in [2.45, 2.75) is 32.3 Å². The van der Waals surface area contributed by atoms with E-state index in [1.807, 2.05) is 18.2 Å². The number of unbranched alkanes of at least 4 members (excludes halogenated alkanes) is 1. The monoisotopic (exact) mass is 274 g/mol. The molecule has 0 amide bonds. The second kappa shape index (κ2) is 6.84. The molecule has 0 radical (unpaired) electrons. The fourth-order valence-corrected chi connectivity index (χ4v) is 1.90. The van der Waals surface area contributed by atoms with Crippen molar-refractivity contribution in [2.24, 2.45) is 4.99 Å². The summed E-state index contributed by atoms with van der Waals surface area (Å²) in [5, 5.41) is 10.1. The van der Waals surface area contributed by atoms with Crippen LogP contribution in [0, 0.1) is 0 Å². The molecule has 20 heavy (non-hydrogen) atoms. The van der Waals surface area contributed by atoms with Gasteiger partial charge in [-0.25, -0.2) is 4.79 Å². The van der Waals surface area contributed by atoms with Gasteiger partial charge in [-0.1, -0.05) is 19.4 Å². The number of aromatic nitrogens is 1. The molecule has 2 heterocycles. The molecular weight excluding hydrogens is 256 g/mol. The molecule has 0 aliphatic carbocycles. The van der Waals surface area contributed by atoms with E-state index in [4.69, 9.17) is 4.74 Å². The summed E-state index contributed by atoms with van der Waals surface area (Å²) in [5.74, 6) is -0.579. The Balaban J connectivity index is 2.04. The molecule has 106 valence electrons. The Kier molecular flexibility index (Phi) is 4.87. The van der Waals surface area contributed by atoms with Crippen molar-refractivity contribution in [1.82, 2.24) is 4.98 Å². The van der Waals surface area contributed by atoms with Crippen LogP contribution in [0.1, 0.15) is 25.5 Å². The van der Waals surface area contributed by atoms with Crippen LogP contribution in [0.15, 0.2) is 40.7 Å². The first-order chi connectivity index (χ1) is 9.72. The molecule has 1 N–H and O–H groups in total. The molecule has 0 spiro atoms. The van der Waals surface area contributed by atoms with E-state index < -0.39 is 12.1 Å². The lowest BCUT2D eigenvalue weighted by atomic mass is 10.1. The number of cyclic esters (lactones) is 1. The maximum absolute atomic E-state index is 11.7. The summed E-state index contributed by atoms with van der Waals surface area (Å²) in [6.07, 6.45) is 4.77. The quantitative estimate of drug-likeness (QED) is 0.490. The number of aliphatic hydroxyl groups excluding tert-OH is 1. The zero-order valence-electron chi connectivity index (χ0n) is 11.5. The number of hydrogen-bond donors (Lipinski definition) is 1. The van der Waals surface area contributed by atoms with E-state index in [1.165, 1.54) is 6.21 Å². The summed E-state index contributed by atoms with van der Waals surface area (Å²) in [6.45, 7) is 2.71. The van der Waals surface area contributed by atoms with E-state index in [9.17, 15) is 9.90 Å². The normalized spacial score (nSPS) is 18.9. The highest BCUT2D eigenvalue weighted by Gasteiger charge is 2.33. The maximum Gasteiger partial charge on any atom is 0.344 e. The molecule has 1 aromatic heterocycles. The molecule has 1 aromatic rings. The Hall–Kier alpha value is -2.17. The number of aliphatic imine (C=N–C) groups is 1. The molecule has 0 saturated heterocycles. The summed E-state index contributed by atoms with van der Waals surface area (Å²) in [5.41, 5.74) is 0.919. The van der Waals surface area contributed by atoms with Gasteiger partial charge in [0.15, 0.2) is 6.10 Å². The van der Waals surface area contributed by atoms with Crippen molar-refractivity contribution in [1.29, 1.82) is 0 Å². The summed E-state index contributed by atoms with van der Waals surface area (Å²) < 4.78 is 5.15. The zero-order chi connectivity index (χ0) is 14.4. The second-order valence-corrected chi connectivity index (χ2v) is 4.61. The third kappa shape index (κ3) is 3.44. The Morgan fingerprint density at radius 2 is 2.35 bits per heavy atom. The van der Waals surface area contributed by atoms with Crippen LogP contribution in [0.25, 0.3) is 0 Å². The molecule has 1 aliphatic heterocycles. The van der Waals surface area contributed by atoms with Crippen LogP contribution >= 0.6 is 0 Å². The third-order valence-corrected chi connectivity index (χ3v) is 3.03. The lowest BCUT2D eigenvalue weighted by Crippen LogP contribution is -2.15. The lowest BCUT2D eigenvalue weighted by Gasteiger charge is -2.08. The van der Waals surface area contributed by atoms with Gasteiger partial charge in [0.1, 0.15) is 11.3 Å². The molecular formula is C15H18N2O3. The molecule has 5 nitrogen and oxygen atoms in total. The van der Waals surface area contributed by atoms with Crippen molar-refractivity contribution in [2.75, 3.05) is 6.54 Å². The third-order valence-electron chi connectivity index (χ3n) is 3.03. The van der Waals surface area contributed by atoms with Crippen molar-refractivity contribution >= 4 is 12.2 Å². The van der Waals surface area contributed by atoms with Gasteiger partial charge in [-0.3, -0.25) is 9.98 Å². The highest BCUT2D eigenvalue weighted by atomic mass is 16.6. The minimum absolute atomic E-state index is 0.0547. The van der Waals surface area contributed by atoms with E-state index in [1.54, 1.807) is 6.20 Å². The molecule has 1 atom stereocenters. The number of carbonyl (C=O) groups is 1. The van der Waals surface area contributed by atoms with Gasteiger partial charge in [0.05, 0.1) is 0 Å². The summed E-state index contributed by atoms with van der Waals surface area (Å²) in [4.78, 5) is 20.0. The largest absolute Gasteiger partial charge is 0.507 e. The molecule has 0 unspecified atom stereocenters. The molecule has 2 rings (SSSR count). The Labute approximate surface area is 118 Å². The lowest BCUT2D eigenvalue weighted by molar-refractivity contribution is -0.139. The number of pyridine rings is 1. The first-order valence-electron chi connectivity index (χ1n) is 6.76. The number of nitrogens with zero attached hydrogens (tertiary/aromatic N) is 2. The van der Waals surface area contributed by atoms with E-state index in [0.717, 1.165) is 18.5 Å². The van der Waals surface area contributed by atoms with Crippen LogP contribution in [0.4, 0.5) is 0 Å². The highest BCUT2D eigenvalue weighted by molar-refractivity contribution is 6.11. The van der Waals surface area contributed by atoms with E-state index in [2.05, 4.69) is 16.9 Å². The van der Waals surface area contributed by atoms with Crippen molar-refractivity contribution in [3.8, 4) is 0 Å². The number of aliphatic hydroxyl groups is 1. The van der Waals surface area contributed by atoms with Gasteiger partial charge >= 0.3 is 5.97 Å². The van der Waals surface area contributed by atoms with Gasteiger partial charge in [0.25, 0.3) is 0 Å². The van der Waals surface area contributed by atoms with E-state index in [-0.39, 0.29) is 11.3 Å². The minimum atomic E-state index is -0.662. The van der Waals surface area contributed by atoms with Crippen molar-refractivity contribution in [3.05, 3.63) is 41.4 Å². The van der Waals surface area contributed by atoms with Gasteiger partial charge in [-0.2, -0.15) is 0 Å². The van der Waals surface area contributed by atoms with Crippen LogP contribution in [0.3, 0.4) is 0 Å². The van der Waals surface area contributed by atoms with Crippen molar-refractivity contribution < 1.29 is 14.6 Å². The topological polar surface area (TPSA) is 71.8 Å². The van der Waals surface area contributed by atoms with Crippen LogP contribution < -0.4 is 0 Å². The molecule has 0 aromatic carbocycles. The smallest absolute Gasteiger partial charge is 0.344 e. The fraction of sp³-hybridized carbons (Fsp3) is 0.400. The molecule has 0 saturated carbocycles. The standard InChI is InChI=1S/C15H18N2O3/c1-2-3-7-16-10-12-14(18)13(20-15(12)19)9-11-6-4-5-8-17-11/h4-6,8,10,13,18H,2-3,7,9H2,1H3/t13-/m0/s1. The Morgan fingerprint density at radius 1 is 1.50 bits per heavy atom.